The highest BCUT2D eigenvalue weighted by Crippen LogP contribution is 2.16. The van der Waals surface area contributed by atoms with Crippen LogP contribution < -0.4 is 5.32 Å². The summed E-state index contributed by atoms with van der Waals surface area (Å²) < 4.78 is 23.8. The van der Waals surface area contributed by atoms with Crippen LogP contribution in [0.1, 0.15) is 12.0 Å². The van der Waals surface area contributed by atoms with E-state index in [4.69, 9.17) is 9.47 Å². The summed E-state index contributed by atoms with van der Waals surface area (Å²) >= 11 is 0. The molecule has 0 spiro atoms. The van der Waals surface area contributed by atoms with Gasteiger partial charge in [0.25, 0.3) is 0 Å². The molecule has 6 heteroatoms. The summed E-state index contributed by atoms with van der Waals surface area (Å²) in [6, 6.07) is 6.38. The molecule has 0 saturated carbocycles. The predicted octanol–water partition coefficient (Wildman–Crippen LogP) is 0.444. The monoisotopic (exact) mass is 299 g/mol. The predicted molar refractivity (Wildman–Crippen MR) is 75.3 cm³/mol. The standard InChI is InChI=1S/C15H22FNO4/c16-14-4-2-1-3-12(14)8-21-9-13(18)7-17-10-15(19)5-6-20-11-15/h1-4,13,17-19H,5-11H2. The van der Waals surface area contributed by atoms with Gasteiger partial charge in [-0.15, -0.1) is 0 Å². The Bertz CT molecular complexity index is 437. The van der Waals surface area contributed by atoms with E-state index in [-0.39, 0.29) is 19.0 Å². The number of ether oxygens (including phenoxy) is 2. The van der Waals surface area contributed by atoms with Crippen molar-refractivity contribution in [3.05, 3.63) is 35.6 Å². The van der Waals surface area contributed by atoms with Crippen LogP contribution in [0.3, 0.4) is 0 Å². The molecule has 5 nitrogen and oxygen atoms in total. The summed E-state index contributed by atoms with van der Waals surface area (Å²) in [5.74, 6) is -0.312. The second-order valence-corrected chi connectivity index (χ2v) is 5.42. The molecule has 1 aromatic rings. The summed E-state index contributed by atoms with van der Waals surface area (Å²) in [5.41, 5.74) is -0.372. The van der Waals surface area contributed by atoms with Gasteiger partial charge in [0.15, 0.2) is 0 Å². The van der Waals surface area contributed by atoms with Crippen molar-refractivity contribution in [1.29, 1.82) is 0 Å². The topological polar surface area (TPSA) is 71.0 Å². The smallest absolute Gasteiger partial charge is 0.128 e. The molecule has 0 bridgehead atoms. The molecule has 1 aliphatic heterocycles. The van der Waals surface area contributed by atoms with Crippen molar-refractivity contribution >= 4 is 0 Å². The molecule has 1 heterocycles. The zero-order chi connectivity index (χ0) is 15.1. The second-order valence-electron chi connectivity index (χ2n) is 5.42. The van der Waals surface area contributed by atoms with Gasteiger partial charge < -0.3 is 25.0 Å². The Morgan fingerprint density at radius 1 is 1.43 bits per heavy atom. The minimum absolute atomic E-state index is 0.107. The molecule has 0 aliphatic carbocycles. The number of aliphatic hydroxyl groups excluding tert-OH is 1. The normalized spacial score (nSPS) is 23.4. The number of hydrogen-bond acceptors (Lipinski definition) is 5. The highest BCUT2D eigenvalue weighted by Gasteiger charge is 2.31. The Morgan fingerprint density at radius 2 is 2.24 bits per heavy atom. The second kappa shape index (κ2) is 7.82. The number of nitrogens with one attached hydrogen (secondary N) is 1. The first-order chi connectivity index (χ1) is 10.1. The molecular formula is C15H22FNO4. The third-order valence-corrected chi connectivity index (χ3v) is 3.44. The molecule has 3 N–H and O–H groups in total. The van der Waals surface area contributed by atoms with Gasteiger partial charge in [-0.3, -0.25) is 0 Å². The van der Waals surface area contributed by atoms with Crippen molar-refractivity contribution in [2.45, 2.75) is 24.7 Å². The van der Waals surface area contributed by atoms with Crippen LogP contribution in [0.5, 0.6) is 0 Å². The van der Waals surface area contributed by atoms with E-state index in [9.17, 15) is 14.6 Å². The highest BCUT2D eigenvalue weighted by atomic mass is 19.1. The molecule has 0 amide bonds. The molecule has 118 valence electrons. The van der Waals surface area contributed by atoms with Crippen molar-refractivity contribution < 1.29 is 24.1 Å². The fourth-order valence-corrected chi connectivity index (χ4v) is 2.19. The first-order valence-corrected chi connectivity index (χ1v) is 7.09. The van der Waals surface area contributed by atoms with Crippen LogP contribution in [0.25, 0.3) is 0 Å². The number of hydrogen-bond donors (Lipinski definition) is 3. The Labute approximate surface area is 123 Å². The van der Waals surface area contributed by atoms with Crippen molar-refractivity contribution in [2.24, 2.45) is 0 Å². The van der Waals surface area contributed by atoms with Gasteiger partial charge in [-0.25, -0.2) is 4.39 Å². The Kier molecular flexibility index (Phi) is 6.08. The first kappa shape index (κ1) is 16.3. The van der Waals surface area contributed by atoms with Gasteiger partial charge in [0.2, 0.25) is 0 Å². The van der Waals surface area contributed by atoms with Gasteiger partial charge in [-0.1, -0.05) is 18.2 Å². The van der Waals surface area contributed by atoms with Gasteiger partial charge >= 0.3 is 0 Å². The lowest BCUT2D eigenvalue weighted by molar-refractivity contribution is 0.0109. The minimum Gasteiger partial charge on any atom is -0.389 e. The molecule has 2 unspecified atom stereocenters. The molecule has 2 rings (SSSR count). The fraction of sp³-hybridized carbons (Fsp3) is 0.600. The molecule has 0 aromatic heterocycles. The van der Waals surface area contributed by atoms with E-state index in [2.05, 4.69) is 5.32 Å². The largest absolute Gasteiger partial charge is 0.389 e. The van der Waals surface area contributed by atoms with Crippen LogP contribution in [0, 0.1) is 5.82 Å². The molecule has 0 radical (unpaired) electrons. The zero-order valence-corrected chi connectivity index (χ0v) is 11.9. The van der Waals surface area contributed by atoms with Crippen LogP contribution in [-0.4, -0.2) is 54.8 Å². The van der Waals surface area contributed by atoms with Crippen molar-refractivity contribution in [3.63, 3.8) is 0 Å². The van der Waals surface area contributed by atoms with E-state index in [0.717, 1.165) is 0 Å². The van der Waals surface area contributed by atoms with Crippen LogP contribution in [0.4, 0.5) is 4.39 Å². The van der Waals surface area contributed by atoms with Crippen LogP contribution in [-0.2, 0) is 16.1 Å². The third-order valence-electron chi connectivity index (χ3n) is 3.44. The molecule has 1 fully saturated rings. The lowest BCUT2D eigenvalue weighted by Gasteiger charge is -2.21. The summed E-state index contributed by atoms with van der Waals surface area (Å²) in [7, 11) is 0. The van der Waals surface area contributed by atoms with E-state index in [1.54, 1.807) is 18.2 Å². The van der Waals surface area contributed by atoms with Gasteiger partial charge in [0.05, 0.1) is 25.9 Å². The SMILES string of the molecule is OC(CNCC1(O)CCOC1)COCc1ccccc1F. The van der Waals surface area contributed by atoms with Crippen molar-refractivity contribution in [2.75, 3.05) is 32.9 Å². The molecule has 2 atom stereocenters. The minimum atomic E-state index is -0.840. The van der Waals surface area contributed by atoms with E-state index in [1.165, 1.54) is 6.07 Å². The average Bonchev–Trinajstić information content (AvgIpc) is 2.88. The van der Waals surface area contributed by atoms with Crippen LogP contribution >= 0.6 is 0 Å². The maximum Gasteiger partial charge on any atom is 0.128 e. The Morgan fingerprint density at radius 3 is 2.95 bits per heavy atom. The van der Waals surface area contributed by atoms with E-state index in [1.807, 2.05) is 0 Å². The molecular weight excluding hydrogens is 277 g/mol. The average molecular weight is 299 g/mol. The fourth-order valence-electron chi connectivity index (χ4n) is 2.19. The number of benzene rings is 1. The van der Waals surface area contributed by atoms with Gasteiger partial charge in [-0.2, -0.15) is 0 Å². The van der Waals surface area contributed by atoms with Crippen LogP contribution in [0.15, 0.2) is 24.3 Å². The Hall–Kier alpha value is -1.05. The van der Waals surface area contributed by atoms with Gasteiger partial charge in [0, 0.05) is 31.7 Å². The van der Waals surface area contributed by atoms with E-state index in [0.29, 0.717) is 38.3 Å². The number of halogens is 1. The first-order valence-electron chi connectivity index (χ1n) is 7.09. The van der Waals surface area contributed by atoms with Gasteiger partial charge in [0.1, 0.15) is 11.4 Å². The van der Waals surface area contributed by atoms with Crippen molar-refractivity contribution in [3.8, 4) is 0 Å². The lowest BCUT2D eigenvalue weighted by atomic mass is 10.0. The number of rotatable bonds is 8. The highest BCUT2D eigenvalue weighted by molar-refractivity contribution is 5.16. The molecule has 21 heavy (non-hydrogen) atoms. The maximum atomic E-state index is 13.3. The van der Waals surface area contributed by atoms with Gasteiger partial charge in [-0.05, 0) is 6.07 Å². The Balaban J connectivity index is 1.59. The van der Waals surface area contributed by atoms with E-state index < -0.39 is 11.7 Å². The molecule has 1 aliphatic rings. The summed E-state index contributed by atoms with van der Waals surface area (Å²) in [6.07, 6.45) is -0.109. The third kappa shape index (κ3) is 5.33. The number of aliphatic hydroxyl groups is 2. The summed E-state index contributed by atoms with van der Waals surface area (Å²) in [5, 5.41) is 22.8. The maximum absolute atomic E-state index is 13.3. The summed E-state index contributed by atoms with van der Waals surface area (Å²) in [6.45, 7) is 1.79. The van der Waals surface area contributed by atoms with Crippen molar-refractivity contribution in [1.82, 2.24) is 5.32 Å². The molecule has 1 saturated heterocycles. The van der Waals surface area contributed by atoms with Crippen LogP contribution in [0.2, 0.25) is 0 Å². The quantitative estimate of drug-likeness (QED) is 0.650. The summed E-state index contributed by atoms with van der Waals surface area (Å²) in [4.78, 5) is 0. The molecule has 1 aromatic carbocycles. The zero-order valence-electron chi connectivity index (χ0n) is 11.9. The van der Waals surface area contributed by atoms with E-state index >= 15 is 0 Å². The lowest BCUT2D eigenvalue weighted by Crippen LogP contribution is -2.44.